The molecule has 0 fully saturated rings. The van der Waals surface area contributed by atoms with Crippen molar-refractivity contribution in [2.45, 2.75) is 39.3 Å². The van der Waals surface area contributed by atoms with Crippen molar-refractivity contribution < 1.29 is 9.53 Å². The molecule has 0 aliphatic rings. The van der Waals surface area contributed by atoms with Gasteiger partial charge in [-0.1, -0.05) is 13.3 Å². The Hall–Kier alpha value is -1.93. The number of methoxy groups -OCH3 is 1. The number of nitrogens with zero attached hydrogens (tertiary/aromatic N) is 2. The second kappa shape index (κ2) is 8.79. The summed E-state index contributed by atoms with van der Waals surface area (Å²) in [5, 5.41) is 4.53. The topological polar surface area (TPSA) is 82.3 Å². The maximum atomic E-state index is 12.6. The van der Waals surface area contributed by atoms with Gasteiger partial charge in [0.05, 0.1) is 5.52 Å². The number of nitrogens with one attached hydrogen (secondary N) is 1. The number of unbranched alkanes of at least 4 members (excludes halogenated alkanes) is 1. The molecule has 2 heterocycles. The number of carbonyl (C=O) groups is 1. The van der Waals surface area contributed by atoms with E-state index >= 15 is 0 Å². The first-order valence-electron chi connectivity index (χ1n) is 8.06. The summed E-state index contributed by atoms with van der Waals surface area (Å²) in [5.74, 6) is -0.249. The average molecular weight is 353 g/mol. The van der Waals surface area contributed by atoms with Crippen LogP contribution < -0.4 is 16.6 Å². The van der Waals surface area contributed by atoms with Crippen LogP contribution in [0.15, 0.2) is 21.0 Å². The molecule has 132 valence electrons. The zero-order valence-corrected chi connectivity index (χ0v) is 14.9. The molecule has 0 atom stereocenters. The van der Waals surface area contributed by atoms with E-state index in [9.17, 15) is 14.4 Å². The van der Waals surface area contributed by atoms with Crippen LogP contribution in [0, 0.1) is 0 Å². The van der Waals surface area contributed by atoms with Crippen molar-refractivity contribution in [3.63, 3.8) is 0 Å². The molecule has 0 aliphatic carbocycles. The van der Waals surface area contributed by atoms with Crippen LogP contribution in [-0.2, 0) is 22.6 Å². The Balaban J connectivity index is 2.28. The molecular formula is C16H23N3O4S. The Morgan fingerprint density at radius 2 is 2.08 bits per heavy atom. The third kappa shape index (κ3) is 4.12. The smallest absolute Gasteiger partial charge is 0.332 e. The highest BCUT2D eigenvalue weighted by atomic mass is 32.1. The van der Waals surface area contributed by atoms with Gasteiger partial charge >= 0.3 is 5.69 Å². The highest BCUT2D eigenvalue weighted by Crippen LogP contribution is 2.15. The average Bonchev–Trinajstić information content (AvgIpc) is 3.05. The fourth-order valence-corrected chi connectivity index (χ4v) is 3.29. The van der Waals surface area contributed by atoms with Crippen molar-refractivity contribution in [3.8, 4) is 0 Å². The van der Waals surface area contributed by atoms with Gasteiger partial charge in [0.1, 0.15) is 11.2 Å². The second-order valence-corrected chi connectivity index (χ2v) is 6.43. The Morgan fingerprint density at radius 3 is 2.79 bits per heavy atom. The molecule has 0 spiro atoms. The van der Waals surface area contributed by atoms with E-state index in [1.165, 1.54) is 20.5 Å². The summed E-state index contributed by atoms with van der Waals surface area (Å²) < 4.78 is 8.06. The number of aromatic nitrogens is 2. The molecule has 0 aromatic carbocycles. The van der Waals surface area contributed by atoms with E-state index in [0.29, 0.717) is 36.3 Å². The fourth-order valence-electron chi connectivity index (χ4n) is 2.44. The van der Waals surface area contributed by atoms with Crippen LogP contribution in [0.2, 0.25) is 0 Å². The maximum absolute atomic E-state index is 12.6. The first kappa shape index (κ1) is 18.4. The second-order valence-electron chi connectivity index (χ2n) is 5.51. The van der Waals surface area contributed by atoms with Crippen LogP contribution in [0.1, 0.15) is 26.2 Å². The zero-order valence-electron chi connectivity index (χ0n) is 14.0. The first-order valence-corrected chi connectivity index (χ1v) is 8.94. The molecule has 0 aliphatic heterocycles. The number of hydrogen-bond acceptors (Lipinski definition) is 5. The van der Waals surface area contributed by atoms with E-state index < -0.39 is 5.69 Å². The standard InChI is InChI=1S/C16H23N3O4S/c1-3-4-8-18-15(21)14-12(6-10-24-14)19(16(18)22)11-13(20)17-7-5-9-23-2/h6,10H,3-5,7-9,11H2,1-2H3,(H,17,20). The van der Waals surface area contributed by atoms with Crippen molar-refractivity contribution in [3.05, 3.63) is 32.3 Å². The van der Waals surface area contributed by atoms with E-state index in [2.05, 4.69) is 5.32 Å². The SMILES string of the molecule is CCCCn1c(=O)c2sccc2n(CC(=O)NCCCOC)c1=O. The number of amides is 1. The Morgan fingerprint density at radius 1 is 1.29 bits per heavy atom. The summed E-state index contributed by atoms with van der Waals surface area (Å²) >= 11 is 1.29. The minimum absolute atomic E-state index is 0.0918. The number of hydrogen-bond donors (Lipinski definition) is 1. The van der Waals surface area contributed by atoms with Gasteiger partial charge in [0.2, 0.25) is 5.91 Å². The van der Waals surface area contributed by atoms with Crippen molar-refractivity contribution in [1.82, 2.24) is 14.5 Å². The molecule has 24 heavy (non-hydrogen) atoms. The summed E-state index contributed by atoms with van der Waals surface area (Å²) in [6.45, 7) is 3.34. The minimum atomic E-state index is -0.425. The summed E-state index contributed by atoms with van der Waals surface area (Å²) in [4.78, 5) is 37.2. The van der Waals surface area contributed by atoms with Gasteiger partial charge in [0, 0.05) is 26.8 Å². The van der Waals surface area contributed by atoms with Crippen LogP contribution in [0.25, 0.3) is 10.2 Å². The summed E-state index contributed by atoms with van der Waals surface area (Å²) in [7, 11) is 1.61. The molecule has 7 nitrogen and oxygen atoms in total. The molecule has 0 saturated carbocycles. The van der Waals surface area contributed by atoms with Gasteiger partial charge in [-0.2, -0.15) is 0 Å². The zero-order chi connectivity index (χ0) is 17.5. The normalized spacial score (nSPS) is 11.1. The molecule has 1 N–H and O–H groups in total. The van der Waals surface area contributed by atoms with Crippen molar-refractivity contribution >= 4 is 27.5 Å². The molecule has 0 radical (unpaired) electrons. The predicted molar refractivity (Wildman–Crippen MR) is 94.8 cm³/mol. The van der Waals surface area contributed by atoms with E-state index in [4.69, 9.17) is 4.74 Å². The lowest BCUT2D eigenvalue weighted by atomic mass is 10.3. The lowest BCUT2D eigenvalue weighted by molar-refractivity contribution is -0.121. The van der Waals surface area contributed by atoms with Crippen molar-refractivity contribution in [1.29, 1.82) is 0 Å². The number of carbonyl (C=O) groups excluding carboxylic acids is 1. The molecule has 0 unspecified atom stereocenters. The molecule has 2 aromatic rings. The highest BCUT2D eigenvalue weighted by molar-refractivity contribution is 7.17. The Bertz CT molecular complexity index is 806. The molecule has 1 amide bonds. The molecular weight excluding hydrogens is 330 g/mol. The van der Waals surface area contributed by atoms with Crippen LogP contribution in [0.4, 0.5) is 0 Å². The molecule has 0 bridgehead atoms. The van der Waals surface area contributed by atoms with Gasteiger partial charge < -0.3 is 10.1 Å². The summed E-state index contributed by atoms with van der Waals surface area (Å²) in [5.41, 5.74) is -0.170. The number of ether oxygens (including phenoxy) is 1. The molecule has 2 rings (SSSR count). The van der Waals surface area contributed by atoms with Crippen LogP contribution in [-0.4, -0.2) is 35.3 Å². The van der Waals surface area contributed by atoms with Gasteiger partial charge in [-0.15, -0.1) is 11.3 Å². The Labute approximate surface area is 143 Å². The fraction of sp³-hybridized carbons (Fsp3) is 0.562. The summed E-state index contributed by atoms with van der Waals surface area (Å²) in [6.07, 6.45) is 2.34. The van der Waals surface area contributed by atoms with Crippen LogP contribution in [0.5, 0.6) is 0 Å². The third-order valence-electron chi connectivity index (χ3n) is 3.72. The number of fused-ring (bicyclic) bond motifs is 1. The molecule has 8 heteroatoms. The van der Waals surface area contributed by atoms with Gasteiger partial charge in [0.15, 0.2) is 0 Å². The van der Waals surface area contributed by atoms with E-state index in [1.54, 1.807) is 18.6 Å². The van der Waals surface area contributed by atoms with Crippen LogP contribution in [0.3, 0.4) is 0 Å². The largest absolute Gasteiger partial charge is 0.385 e. The van der Waals surface area contributed by atoms with E-state index in [1.807, 2.05) is 6.92 Å². The number of rotatable bonds is 9. The first-order chi connectivity index (χ1) is 11.6. The summed E-state index contributed by atoms with van der Waals surface area (Å²) in [6, 6.07) is 1.71. The molecule has 0 saturated heterocycles. The van der Waals surface area contributed by atoms with Gasteiger partial charge in [-0.3, -0.25) is 18.7 Å². The maximum Gasteiger partial charge on any atom is 0.332 e. The monoisotopic (exact) mass is 353 g/mol. The number of thiophene rings is 1. The van der Waals surface area contributed by atoms with Gasteiger partial charge in [-0.25, -0.2) is 4.79 Å². The highest BCUT2D eigenvalue weighted by Gasteiger charge is 2.15. The third-order valence-corrected chi connectivity index (χ3v) is 4.61. The molecule has 2 aromatic heterocycles. The quantitative estimate of drug-likeness (QED) is 0.686. The van der Waals surface area contributed by atoms with E-state index in [0.717, 1.165) is 12.8 Å². The van der Waals surface area contributed by atoms with Crippen LogP contribution >= 0.6 is 11.3 Å². The van der Waals surface area contributed by atoms with E-state index in [-0.39, 0.29) is 18.0 Å². The Kier molecular flexibility index (Phi) is 6.74. The van der Waals surface area contributed by atoms with Gasteiger partial charge in [-0.05, 0) is 24.3 Å². The van der Waals surface area contributed by atoms with Crippen molar-refractivity contribution in [2.75, 3.05) is 20.3 Å². The lowest BCUT2D eigenvalue weighted by Crippen LogP contribution is -2.42. The lowest BCUT2D eigenvalue weighted by Gasteiger charge is -2.12. The van der Waals surface area contributed by atoms with Gasteiger partial charge in [0.25, 0.3) is 5.56 Å². The predicted octanol–water partition coefficient (Wildman–Crippen LogP) is 1.18. The minimum Gasteiger partial charge on any atom is -0.385 e. The van der Waals surface area contributed by atoms with Crippen molar-refractivity contribution in [2.24, 2.45) is 0 Å².